The average molecular weight is 273 g/mol. The van der Waals surface area contributed by atoms with E-state index in [1.807, 2.05) is 26.0 Å². The van der Waals surface area contributed by atoms with Crippen molar-refractivity contribution in [2.75, 3.05) is 0 Å². The molecule has 100 valence electrons. The van der Waals surface area contributed by atoms with E-state index in [-0.39, 0.29) is 5.78 Å². The van der Waals surface area contributed by atoms with Crippen LogP contribution in [0.5, 0.6) is 0 Å². The fraction of sp³-hybridized carbons (Fsp3) is 0.375. The third-order valence-corrected chi connectivity index (χ3v) is 4.43. The molecule has 19 heavy (non-hydrogen) atoms. The number of carbonyl (C=O) groups is 1. The number of carbonyl (C=O) groups excluding carboxylic acids is 1. The number of rotatable bonds is 5. The Balaban J connectivity index is 1.90. The predicted molar refractivity (Wildman–Crippen MR) is 79.8 cm³/mol. The first kappa shape index (κ1) is 13.9. The minimum absolute atomic E-state index is 0.275. The Morgan fingerprint density at radius 1 is 1.21 bits per heavy atom. The molecule has 0 atom stereocenters. The standard InChI is InChI=1S/C16H19NOS/c1-11-6-4-5-7-14(11)8-9-15(18)10-16-17-12(2)13(3)19-16/h4-7H,8-10H2,1-3H3. The molecule has 0 bridgehead atoms. The minimum atomic E-state index is 0.275. The van der Waals surface area contributed by atoms with Crippen molar-refractivity contribution in [1.29, 1.82) is 0 Å². The van der Waals surface area contributed by atoms with Gasteiger partial charge in [-0.2, -0.15) is 0 Å². The summed E-state index contributed by atoms with van der Waals surface area (Å²) in [5, 5.41) is 0.949. The number of aryl methyl sites for hydroxylation is 4. The van der Waals surface area contributed by atoms with Crippen molar-refractivity contribution in [1.82, 2.24) is 4.98 Å². The Labute approximate surface area is 118 Å². The molecule has 0 amide bonds. The van der Waals surface area contributed by atoms with Gasteiger partial charge in [0, 0.05) is 11.3 Å². The second-order valence-electron chi connectivity index (χ2n) is 4.89. The first-order valence-electron chi connectivity index (χ1n) is 6.55. The van der Waals surface area contributed by atoms with Crippen LogP contribution < -0.4 is 0 Å². The molecule has 3 heteroatoms. The third-order valence-electron chi connectivity index (χ3n) is 3.36. The summed E-state index contributed by atoms with van der Waals surface area (Å²) in [4.78, 5) is 17.6. The summed E-state index contributed by atoms with van der Waals surface area (Å²) in [5.74, 6) is 0.275. The molecular formula is C16H19NOS. The molecule has 1 aromatic heterocycles. The van der Waals surface area contributed by atoms with E-state index in [0.29, 0.717) is 12.8 Å². The van der Waals surface area contributed by atoms with Crippen LogP contribution in [-0.4, -0.2) is 10.8 Å². The Bertz CT molecular complexity index is 567. The van der Waals surface area contributed by atoms with E-state index in [2.05, 4.69) is 24.0 Å². The third kappa shape index (κ3) is 3.74. The largest absolute Gasteiger partial charge is 0.299 e. The van der Waals surface area contributed by atoms with Crippen molar-refractivity contribution in [3.8, 4) is 0 Å². The van der Waals surface area contributed by atoms with E-state index in [1.54, 1.807) is 11.3 Å². The second-order valence-corrected chi connectivity index (χ2v) is 6.18. The van der Waals surface area contributed by atoms with Gasteiger partial charge >= 0.3 is 0 Å². The van der Waals surface area contributed by atoms with Gasteiger partial charge < -0.3 is 0 Å². The molecule has 0 fully saturated rings. The zero-order chi connectivity index (χ0) is 13.8. The molecule has 2 aromatic rings. The summed E-state index contributed by atoms with van der Waals surface area (Å²) in [7, 11) is 0. The number of Topliss-reactive ketones (excluding diaryl/α,β-unsaturated/α-hetero) is 1. The molecule has 1 heterocycles. The first-order chi connectivity index (χ1) is 9.06. The summed E-state index contributed by atoms with van der Waals surface area (Å²) in [6.07, 6.45) is 1.91. The summed E-state index contributed by atoms with van der Waals surface area (Å²) in [5.41, 5.74) is 3.57. The van der Waals surface area contributed by atoms with E-state index in [4.69, 9.17) is 0 Å². The molecule has 0 N–H and O–H groups in total. The fourth-order valence-electron chi connectivity index (χ4n) is 2.04. The predicted octanol–water partition coefficient (Wildman–Crippen LogP) is 3.81. The molecular weight excluding hydrogens is 254 g/mol. The topological polar surface area (TPSA) is 30.0 Å². The van der Waals surface area contributed by atoms with Gasteiger partial charge in [0.2, 0.25) is 0 Å². The molecule has 0 saturated heterocycles. The van der Waals surface area contributed by atoms with Crippen LogP contribution in [-0.2, 0) is 17.6 Å². The number of thiazole rings is 1. The molecule has 0 saturated carbocycles. The Kier molecular flexibility index (Phi) is 4.48. The maximum Gasteiger partial charge on any atom is 0.140 e. The van der Waals surface area contributed by atoms with E-state index >= 15 is 0 Å². The van der Waals surface area contributed by atoms with E-state index in [1.165, 1.54) is 16.0 Å². The first-order valence-corrected chi connectivity index (χ1v) is 7.37. The van der Waals surface area contributed by atoms with E-state index in [9.17, 15) is 4.79 Å². The lowest BCUT2D eigenvalue weighted by Gasteiger charge is -2.04. The lowest BCUT2D eigenvalue weighted by molar-refractivity contribution is -0.118. The van der Waals surface area contributed by atoms with Gasteiger partial charge in [0.05, 0.1) is 12.1 Å². The maximum atomic E-state index is 12.0. The zero-order valence-electron chi connectivity index (χ0n) is 11.7. The van der Waals surface area contributed by atoms with Crippen LogP contribution in [0.15, 0.2) is 24.3 Å². The molecule has 1 aromatic carbocycles. The van der Waals surface area contributed by atoms with Crippen molar-refractivity contribution >= 4 is 17.1 Å². The van der Waals surface area contributed by atoms with Gasteiger partial charge in [-0.15, -0.1) is 11.3 Å². The van der Waals surface area contributed by atoms with Crippen LogP contribution in [0.4, 0.5) is 0 Å². The highest BCUT2D eigenvalue weighted by molar-refractivity contribution is 7.11. The smallest absolute Gasteiger partial charge is 0.140 e. The van der Waals surface area contributed by atoms with E-state index in [0.717, 1.165) is 17.1 Å². The lowest BCUT2D eigenvalue weighted by Crippen LogP contribution is -2.04. The van der Waals surface area contributed by atoms with Crippen molar-refractivity contribution < 1.29 is 4.79 Å². The Hall–Kier alpha value is -1.48. The Morgan fingerprint density at radius 3 is 2.58 bits per heavy atom. The molecule has 2 nitrogen and oxygen atoms in total. The molecule has 0 aliphatic rings. The molecule has 0 unspecified atom stereocenters. The maximum absolute atomic E-state index is 12.0. The van der Waals surface area contributed by atoms with Crippen LogP contribution in [0.3, 0.4) is 0 Å². The normalized spacial score (nSPS) is 10.7. The van der Waals surface area contributed by atoms with Crippen molar-refractivity contribution in [3.63, 3.8) is 0 Å². The van der Waals surface area contributed by atoms with Crippen molar-refractivity contribution in [2.24, 2.45) is 0 Å². The molecule has 0 spiro atoms. The zero-order valence-corrected chi connectivity index (χ0v) is 12.5. The van der Waals surface area contributed by atoms with Crippen LogP contribution in [0.2, 0.25) is 0 Å². The van der Waals surface area contributed by atoms with Gasteiger partial charge in [-0.05, 0) is 38.3 Å². The van der Waals surface area contributed by atoms with Crippen molar-refractivity contribution in [3.05, 3.63) is 51.0 Å². The minimum Gasteiger partial charge on any atom is -0.299 e. The van der Waals surface area contributed by atoms with Gasteiger partial charge in [-0.3, -0.25) is 4.79 Å². The van der Waals surface area contributed by atoms with Crippen molar-refractivity contribution in [2.45, 2.75) is 40.0 Å². The van der Waals surface area contributed by atoms with Gasteiger partial charge in [0.1, 0.15) is 10.8 Å². The van der Waals surface area contributed by atoms with E-state index < -0.39 is 0 Å². The average Bonchev–Trinajstić information content (AvgIpc) is 2.67. The molecule has 2 rings (SSSR count). The van der Waals surface area contributed by atoms with Crippen LogP contribution in [0.25, 0.3) is 0 Å². The Morgan fingerprint density at radius 2 is 1.95 bits per heavy atom. The summed E-state index contributed by atoms with van der Waals surface area (Å²) < 4.78 is 0. The van der Waals surface area contributed by atoms with Gasteiger partial charge in [0.15, 0.2) is 0 Å². The number of hydrogen-bond donors (Lipinski definition) is 0. The van der Waals surface area contributed by atoms with Crippen LogP contribution in [0.1, 0.15) is 33.1 Å². The highest BCUT2D eigenvalue weighted by Gasteiger charge is 2.10. The highest BCUT2D eigenvalue weighted by atomic mass is 32.1. The summed E-state index contributed by atoms with van der Waals surface area (Å²) in [6, 6.07) is 8.25. The van der Waals surface area contributed by atoms with Gasteiger partial charge in [0.25, 0.3) is 0 Å². The van der Waals surface area contributed by atoms with Gasteiger partial charge in [-0.1, -0.05) is 24.3 Å². The monoisotopic (exact) mass is 273 g/mol. The second kappa shape index (κ2) is 6.11. The SMILES string of the molecule is Cc1ccccc1CCC(=O)Cc1nc(C)c(C)s1. The molecule has 0 aliphatic heterocycles. The summed E-state index contributed by atoms with van der Waals surface area (Å²) >= 11 is 1.64. The number of ketones is 1. The number of aromatic nitrogens is 1. The molecule has 0 radical (unpaired) electrons. The quantitative estimate of drug-likeness (QED) is 0.829. The highest BCUT2D eigenvalue weighted by Crippen LogP contribution is 2.18. The van der Waals surface area contributed by atoms with Crippen LogP contribution in [0, 0.1) is 20.8 Å². The molecule has 0 aliphatic carbocycles. The summed E-state index contributed by atoms with van der Waals surface area (Å²) in [6.45, 7) is 6.13. The fourth-order valence-corrected chi connectivity index (χ4v) is 3.00. The van der Waals surface area contributed by atoms with Gasteiger partial charge in [-0.25, -0.2) is 4.98 Å². The number of hydrogen-bond acceptors (Lipinski definition) is 3. The van der Waals surface area contributed by atoms with Crippen LogP contribution >= 0.6 is 11.3 Å². The number of nitrogens with zero attached hydrogens (tertiary/aromatic N) is 1. The lowest BCUT2D eigenvalue weighted by atomic mass is 10.0. The number of benzene rings is 1.